The van der Waals surface area contributed by atoms with E-state index in [9.17, 15) is 15.0 Å². The molecule has 1 saturated heterocycles. The second-order valence-corrected chi connectivity index (χ2v) is 21.0. The lowest BCUT2D eigenvalue weighted by Crippen LogP contribution is -2.64. The number of aliphatic hydroxyl groups excluding tert-OH is 2. The first-order chi connectivity index (χ1) is 34.4. The number of thioether (sulfide) groups is 1. The van der Waals surface area contributed by atoms with Gasteiger partial charge in [0.25, 0.3) is 0 Å². The van der Waals surface area contributed by atoms with Crippen molar-refractivity contribution in [2.24, 2.45) is 22.9 Å². The largest absolute Gasteiger partial charge is 0.497 e. The molecule has 390 valence electrons. The van der Waals surface area contributed by atoms with Crippen molar-refractivity contribution in [3.63, 3.8) is 0 Å². The lowest BCUT2D eigenvalue weighted by atomic mass is 9.56. The fourth-order valence-electron chi connectivity index (χ4n) is 11.1. The van der Waals surface area contributed by atoms with E-state index in [2.05, 4.69) is 24.9 Å². The van der Waals surface area contributed by atoms with E-state index in [0.717, 1.165) is 74.0 Å². The predicted octanol–water partition coefficient (Wildman–Crippen LogP) is 13.7. The maximum Gasteiger partial charge on any atom is 0.417 e. The van der Waals surface area contributed by atoms with Gasteiger partial charge in [-0.25, -0.2) is 4.79 Å². The van der Waals surface area contributed by atoms with Gasteiger partial charge in [-0.15, -0.1) is 6.58 Å². The van der Waals surface area contributed by atoms with Crippen LogP contribution in [0.25, 0.3) is 0 Å². The molecule has 2 aromatic carbocycles. The number of ether oxygens (including phenoxy) is 6. The maximum atomic E-state index is 13.6. The number of oxime groups is 1. The monoisotopic (exact) mass is 991 g/mol. The third-order valence-corrected chi connectivity index (χ3v) is 16.1. The minimum Gasteiger partial charge on any atom is -0.497 e. The summed E-state index contributed by atoms with van der Waals surface area (Å²) in [5.41, 5.74) is 3.35. The van der Waals surface area contributed by atoms with Gasteiger partial charge in [0.2, 0.25) is 12.1 Å². The first-order valence-electron chi connectivity index (χ1n) is 27.1. The Labute approximate surface area is 424 Å². The van der Waals surface area contributed by atoms with Gasteiger partial charge in [0.1, 0.15) is 23.0 Å². The molecule has 0 radical (unpaired) electrons. The minimum absolute atomic E-state index is 0.111. The zero-order chi connectivity index (χ0) is 49.4. The molecule has 2 heterocycles. The molecule has 1 saturated carbocycles. The molecule has 2 aromatic rings. The number of anilines is 1. The maximum absolute atomic E-state index is 13.6. The summed E-state index contributed by atoms with van der Waals surface area (Å²) in [5, 5.41) is 27.7. The van der Waals surface area contributed by atoms with Crippen LogP contribution in [0.1, 0.15) is 173 Å². The van der Waals surface area contributed by atoms with Gasteiger partial charge in [0.15, 0.2) is 0 Å². The molecule has 6 rings (SSSR count). The van der Waals surface area contributed by atoms with Crippen molar-refractivity contribution in [1.29, 1.82) is 0 Å². The minimum atomic E-state index is -1.07. The second-order valence-electron chi connectivity index (χ2n) is 19.7. The Bertz CT molecular complexity index is 1940. The molecule has 0 bridgehead atoms. The highest BCUT2D eigenvalue weighted by Gasteiger charge is 2.64. The number of nitrogens with one attached hydrogen (secondary N) is 1. The summed E-state index contributed by atoms with van der Waals surface area (Å²) in [4.78, 5) is 19.9. The SMILES string of the molecule is C=CCO[C@@]12Oc3ccc(OC(=O)Nc4ccc(OC)cc4OC)cc3[C@H]3[C@H](CCCCO)[C@@H](CCCCO)C=C(C(=NOC4CCCCO4)C[C@@H]1SCCCCCCCCCCCCCCCC)[C@H]32. The number of carbonyl (C=O) groups excluding carboxylic acids is 1. The number of nitrogens with zero attached hydrogens (tertiary/aromatic N) is 1. The lowest BCUT2D eigenvalue weighted by molar-refractivity contribution is -0.223. The van der Waals surface area contributed by atoms with Crippen LogP contribution >= 0.6 is 11.8 Å². The van der Waals surface area contributed by atoms with Gasteiger partial charge < -0.3 is 43.5 Å². The van der Waals surface area contributed by atoms with Crippen LogP contribution in [0.3, 0.4) is 0 Å². The molecule has 2 fully saturated rings. The number of hydrogen-bond acceptors (Lipinski definition) is 12. The van der Waals surface area contributed by atoms with E-state index in [4.69, 9.17) is 38.4 Å². The summed E-state index contributed by atoms with van der Waals surface area (Å²) < 4.78 is 37.5. The van der Waals surface area contributed by atoms with E-state index in [1.165, 1.54) is 90.6 Å². The van der Waals surface area contributed by atoms with Crippen LogP contribution in [0.2, 0.25) is 0 Å². The molecule has 7 atom stereocenters. The zero-order valence-electron chi connectivity index (χ0n) is 42.8. The summed E-state index contributed by atoms with van der Waals surface area (Å²) in [7, 11) is 3.11. The number of amides is 1. The van der Waals surface area contributed by atoms with Gasteiger partial charge in [-0.3, -0.25) is 5.32 Å². The van der Waals surface area contributed by atoms with Gasteiger partial charge in [-0.1, -0.05) is 121 Å². The van der Waals surface area contributed by atoms with Gasteiger partial charge in [-0.2, -0.15) is 11.8 Å². The Hall–Kier alpha value is -3.75. The number of rotatable bonds is 33. The van der Waals surface area contributed by atoms with E-state index in [0.29, 0.717) is 61.2 Å². The van der Waals surface area contributed by atoms with E-state index in [1.807, 2.05) is 23.9 Å². The van der Waals surface area contributed by atoms with E-state index in [-0.39, 0.29) is 42.1 Å². The normalized spacial score (nSPS) is 24.2. The molecule has 2 aliphatic heterocycles. The highest BCUT2D eigenvalue weighted by molar-refractivity contribution is 8.00. The van der Waals surface area contributed by atoms with Crippen LogP contribution < -0.4 is 24.3 Å². The Kier molecular flexibility index (Phi) is 24.1. The topological polar surface area (TPSA) is 147 Å². The second kappa shape index (κ2) is 30.3. The number of allylic oxidation sites excluding steroid dienone is 1. The Morgan fingerprint density at radius 1 is 0.857 bits per heavy atom. The number of unbranched alkanes of at least 4 members (excludes halogenated alkanes) is 15. The van der Waals surface area contributed by atoms with Crippen LogP contribution in [0, 0.1) is 17.8 Å². The lowest BCUT2D eigenvalue weighted by Gasteiger charge is -2.58. The Morgan fingerprint density at radius 2 is 1.56 bits per heavy atom. The molecule has 3 N–H and O–H groups in total. The van der Waals surface area contributed by atoms with Crippen LogP contribution in [0.4, 0.5) is 10.5 Å². The van der Waals surface area contributed by atoms with Crippen molar-refractivity contribution < 1.29 is 48.3 Å². The fourth-order valence-corrected chi connectivity index (χ4v) is 12.5. The average Bonchev–Trinajstić information content (AvgIpc) is 3.38. The number of hydrogen-bond donors (Lipinski definition) is 3. The van der Waals surface area contributed by atoms with Crippen molar-refractivity contribution in [1.82, 2.24) is 0 Å². The van der Waals surface area contributed by atoms with Gasteiger partial charge in [0.05, 0.1) is 50.0 Å². The molecule has 13 heteroatoms. The molecule has 4 aliphatic rings. The third kappa shape index (κ3) is 15.6. The fraction of sp³-hybridized carbons (Fsp3) is 0.684. The first kappa shape index (κ1) is 55.6. The number of fused-ring (bicyclic) bond motifs is 2. The summed E-state index contributed by atoms with van der Waals surface area (Å²) >= 11 is 1.92. The van der Waals surface area contributed by atoms with Crippen LogP contribution in [0.5, 0.6) is 23.0 Å². The molecule has 2 aliphatic carbocycles. The molecule has 0 spiro atoms. The van der Waals surface area contributed by atoms with E-state index >= 15 is 0 Å². The number of carbonyl (C=O) groups is 1. The van der Waals surface area contributed by atoms with E-state index < -0.39 is 18.2 Å². The van der Waals surface area contributed by atoms with Crippen molar-refractivity contribution in [3.8, 4) is 23.0 Å². The van der Waals surface area contributed by atoms with Gasteiger partial charge >= 0.3 is 6.09 Å². The average molecular weight is 991 g/mol. The van der Waals surface area contributed by atoms with Crippen LogP contribution in [-0.4, -0.2) is 85.7 Å². The summed E-state index contributed by atoms with van der Waals surface area (Å²) in [6, 6.07) is 10.8. The molecular formula is C57H86N2O10S. The first-order valence-corrected chi connectivity index (χ1v) is 28.1. The van der Waals surface area contributed by atoms with Crippen molar-refractivity contribution in [3.05, 3.63) is 66.3 Å². The summed E-state index contributed by atoms with van der Waals surface area (Å²) in [6.45, 7) is 7.58. The molecule has 12 nitrogen and oxygen atoms in total. The van der Waals surface area contributed by atoms with Crippen molar-refractivity contribution in [2.75, 3.05) is 51.7 Å². The zero-order valence-corrected chi connectivity index (χ0v) is 43.6. The number of aliphatic hydroxyl groups is 2. The van der Waals surface area contributed by atoms with Crippen LogP contribution in [0.15, 0.2) is 65.9 Å². The van der Waals surface area contributed by atoms with Crippen molar-refractivity contribution in [2.45, 2.75) is 184 Å². The third-order valence-electron chi connectivity index (χ3n) is 14.7. The molecule has 0 aromatic heterocycles. The summed E-state index contributed by atoms with van der Waals surface area (Å²) in [6.07, 6.45) is 29.8. The summed E-state index contributed by atoms with van der Waals surface area (Å²) in [5.74, 6) is 1.80. The van der Waals surface area contributed by atoms with Gasteiger partial charge in [0, 0.05) is 43.6 Å². The van der Waals surface area contributed by atoms with Gasteiger partial charge in [-0.05, 0) is 98.4 Å². The Balaban J connectivity index is 1.29. The molecule has 1 unspecified atom stereocenters. The molecule has 1 amide bonds. The highest BCUT2D eigenvalue weighted by Crippen LogP contribution is 2.62. The smallest absolute Gasteiger partial charge is 0.417 e. The highest BCUT2D eigenvalue weighted by atomic mass is 32.2. The van der Waals surface area contributed by atoms with Crippen LogP contribution in [-0.2, 0) is 14.3 Å². The Morgan fingerprint density at radius 3 is 2.21 bits per heavy atom. The molecule has 70 heavy (non-hydrogen) atoms. The number of methoxy groups -OCH3 is 2. The van der Waals surface area contributed by atoms with Crippen molar-refractivity contribution >= 4 is 29.3 Å². The molecular weight excluding hydrogens is 905 g/mol. The quantitative estimate of drug-likeness (QED) is 0.0357. The van der Waals surface area contributed by atoms with E-state index in [1.54, 1.807) is 37.5 Å². The standard InChI is InChI=1S/C57H86N2O10S/c1-5-7-8-9-10-11-12-13-14-15-16-17-18-25-37-70-52-41-49(59-69-53-28-21-24-36-65-53)46-38-42(26-19-22-33-60)45(27-20-23-34-61)54-47-39-44(30-32-50(47)68-57(52,55(46)54)66-35-6-2)67-56(62)58-48-31-29-43(63-3)40-51(48)64-4/h6,29-32,38-40,42,45,52-55,60-61H,2,5,7-28,33-37,41H2,1,3-4H3,(H,58,62)/t42-,45+,52-,53?,54+,55+,57+/m0/s1. The predicted molar refractivity (Wildman–Crippen MR) is 282 cm³/mol. The number of benzene rings is 2.